The first kappa shape index (κ1) is 33.1. The van der Waals surface area contributed by atoms with Gasteiger partial charge < -0.3 is 28.4 Å². The summed E-state index contributed by atoms with van der Waals surface area (Å²) in [4.78, 5) is 8.74. The average Bonchev–Trinajstić information content (AvgIpc) is 3.74. The summed E-state index contributed by atoms with van der Waals surface area (Å²) in [5, 5.41) is 0. The molecule has 0 aliphatic carbocycles. The second-order valence-electron chi connectivity index (χ2n) is 13.4. The van der Waals surface area contributed by atoms with Crippen LogP contribution in [0.2, 0.25) is 0 Å². The van der Waals surface area contributed by atoms with Gasteiger partial charge in [-0.05, 0) is 65.6 Å². The molecule has 2 atom stereocenters. The fourth-order valence-corrected chi connectivity index (χ4v) is 5.80. The van der Waals surface area contributed by atoms with Crippen LogP contribution in [0.5, 0.6) is 17.2 Å². The van der Waals surface area contributed by atoms with Gasteiger partial charge in [-0.25, -0.2) is 9.98 Å². The zero-order valence-corrected chi connectivity index (χ0v) is 28.6. The molecule has 0 aromatic heterocycles. The molecule has 0 saturated heterocycles. The van der Waals surface area contributed by atoms with E-state index in [4.69, 9.17) is 28.4 Å². The van der Waals surface area contributed by atoms with Gasteiger partial charge in [0.05, 0.1) is 19.7 Å². The first-order valence-electron chi connectivity index (χ1n) is 16.4. The molecule has 4 aromatic carbocycles. The predicted molar refractivity (Wildman–Crippen MR) is 188 cm³/mol. The van der Waals surface area contributed by atoms with Crippen LogP contribution in [0.4, 0.5) is 0 Å². The lowest BCUT2D eigenvalue weighted by atomic mass is 9.78. The lowest BCUT2D eigenvalue weighted by Crippen LogP contribution is -2.23. The van der Waals surface area contributed by atoms with Crippen molar-refractivity contribution in [3.8, 4) is 17.2 Å². The van der Waals surface area contributed by atoms with Gasteiger partial charge in [-0.2, -0.15) is 0 Å². The number of aryl methyl sites for hydroxylation is 1. The van der Waals surface area contributed by atoms with Crippen LogP contribution in [0.15, 0.2) is 107 Å². The van der Waals surface area contributed by atoms with Crippen LogP contribution >= 0.6 is 0 Å². The molecule has 4 aromatic rings. The van der Waals surface area contributed by atoms with Crippen molar-refractivity contribution in [2.45, 2.75) is 57.7 Å². The normalized spacial score (nSPS) is 17.6. The highest BCUT2D eigenvalue weighted by atomic mass is 16.7. The molecule has 8 heteroatoms. The van der Waals surface area contributed by atoms with E-state index >= 15 is 0 Å². The molecular formula is C40H44N2O6. The number of benzene rings is 4. The molecule has 2 aliphatic rings. The molecule has 8 nitrogen and oxygen atoms in total. The molecule has 0 saturated carbocycles. The summed E-state index contributed by atoms with van der Waals surface area (Å²) in [5.41, 5.74) is 5.71. The Morgan fingerprint density at radius 1 is 0.562 bits per heavy atom. The van der Waals surface area contributed by atoms with E-state index in [1.807, 2.05) is 36.4 Å². The lowest BCUT2D eigenvalue weighted by Gasteiger charge is -2.26. The Kier molecular flexibility index (Phi) is 9.73. The Morgan fingerprint density at radius 2 is 0.938 bits per heavy atom. The molecule has 0 N–H and O–H groups in total. The minimum atomic E-state index is -0.250. The van der Waals surface area contributed by atoms with E-state index in [1.54, 1.807) is 7.11 Å². The maximum atomic E-state index is 6.05. The number of aliphatic imine (C=N–C) groups is 2. The number of ether oxygens (including phenoxy) is 6. The van der Waals surface area contributed by atoms with Crippen LogP contribution < -0.4 is 14.2 Å². The summed E-state index contributed by atoms with van der Waals surface area (Å²) in [6, 6.07) is 33.0. The maximum Gasteiger partial charge on any atom is 0.389 e. The summed E-state index contributed by atoms with van der Waals surface area (Å²) < 4.78 is 34.5. The van der Waals surface area contributed by atoms with Crippen LogP contribution in [0.1, 0.15) is 55.5 Å². The van der Waals surface area contributed by atoms with Crippen LogP contribution in [0.3, 0.4) is 0 Å². The minimum absolute atomic E-state index is 0.102. The Labute approximate surface area is 283 Å². The molecule has 0 radical (unpaired) electrons. The van der Waals surface area contributed by atoms with Crippen molar-refractivity contribution in [2.24, 2.45) is 9.98 Å². The summed E-state index contributed by atoms with van der Waals surface area (Å²) >= 11 is 0. The molecule has 2 heterocycles. The molecule has 6 rings (SSSR count). The quantitative estimate of drug-likeness (QED) is 0.166. The highest BCUT2D eigenvalue weighted by molar-refractivity contribution is 5.72. The molecule has 0 spiro atoms. The van der Waals surface area contributed by atoms with Gasteiger partial charge in [-0.15, -0.1) is 0 Å². The third kappa shape index (κ3) is 7.66. The van der Waals surface area contributed by atoms with E-state index in [9.17, 15) is 0 Å². The lowest BCUT2D eigenvalue weighted by molar-refractivity contribution is 0.0787. The van der Waals surface area contributed by atoms with E-state index in [1.165, 1.54) is 16.7 Å². The molecule has 250 valence electrons. The highest BCUT2D eigenvalue weighted by Gasteiger charge is 2.27. The number of nitrogens with zero attached hydrogens (tertiary/aromatic N) is 2. The van der Waals surface area contributed by atoms with Gasteiger partial charge in [0.1, 0.15) is 30.0 Å². The van der Waals surface area contributed by atoms with E-state index < -0.39 is 0 Å². The van der Waals surface area contributed by atoms with Crippen molar-refractivity contribution >= 4 is 12.2 Å². The smallest absolute Gasteiger partial charge is 0.389 e. The van der Waals surface area contributed by atoms with Crippen molar-refractivity contribution in [3.63, 3.8) is 0 Å². The van der Waals surface area contributed by atoms with Gasteiger partial charge in [0, 0.05) is 17.9 Å². The van der Waals surface area contributed by atoms with Gasteiger partial charge >= 0.3 is 12.2 Å². The third-order valence-corrected chi connectivity index (χ3v) is 9.08. The van der Waals surface area contributed by atoms with E-state index in [0.717, 1.165) is 16.9 Å². The Hall–Kier alpha value is -4.82. The highest BCUT2D eigenvalue weighted by Crippen LogP contribution is 2.34. The summed E-state index contributed by atoms with van der Waals surface area (Å²) in [6.45, 7) is 12.8. The van der Waals surface area contributed by atoms with Crippen LogP contribution in [-0.2, 0) is 25.0 Å². The van der Waals surface area contributed by atoms with Gasteiger partial charge in [0.2, 0.25) is 0 Å². The average molecular weight is 649 g/mol. The molecular weight excluding hydrogens is 604 g/mol. The van der Waals surface area contributed by atoms with E-state index in [-0.39, 0.29) is 35.2 Å². The van der Waals surface area contributed by atoms with E-state index in [0.29, 0.717) is 37.8 Å². The topological polar surface area (TPSA) is 80.1 Å². The summed E-state index contributed by atoms with van der Waals surface area (Å²) in [7, 11) is 1.64. The van der Waals surface area contributed by atoms with Gasteiger partial charge in [0.15, 0.2) is 6.10 Å². The SMILES string of the molecule is COCC1CN=C(Oc2ccc(C(C)(C)c3ccc(OC4=NCC(COc5ccc(C(C)(C)c6ccc(C)cc6)cc5)O4)cc3)cc2)O1. The molecule has 0 fully saturated rings. The summed E-state index contributed by atoms with van der Waals surface area (Å²) in [5.74, 6) is 2.13. The van der Waals surface area contributed by atoms with Crippen molar-refractivity contribution in [2.75, 3.05) is 33.4 Å². The fraction of sp³-hybridized carbons (Fsp3) is 0.350. The van der Waals surface area contributed by atoms with Crippen LogP contribution in [0.25, 0.3) is 0 Å². The zero-order valence-electron chi connectivity index (χ0n) is 28.6. The largest absolute Gasteiger partial charge is 0.490 e. The third-order valence-electron chi connectivity index (χ3n) is 9.08. The second kappa shape index (κ2) is 14.1. The predicted octanol–water partition coefficient (Wildman–Crippen LogP) is 7.64. The summed E-state index contributed by atoms with van der Waals surface area (Å²) in [6.07, 6.45) is 0.215. The Balaban J connectivity index is 0.972. The zero-order chi connectivity index (χ0) is 33.7. The Bertz CT molecular complexity index is 1730. The second-order valence-corrected chi connectivity index (χ2v) is 13.4. The monoisotopic (exact) mass is 648 g/mol. The first-order chi connectivity index (χ1) is 23.1. The standard InChI is InChI=1S/C40H44N2O6/c1-27-7-9-28(10-8-27)39(2,3)29-11-17-32(18-12-29)44-26-36-24-42-38(48-36)46-34-21-15-31(16-22-34)40(4,5)30-13-19-33(20-14-30)45-37-41-23-35(47-37)25-43-6/h7-22,35-36H,23-26H2,1-6H3. The van der Waals surface area contributed by atoms with Gasteiger partial charge in [-0.1, -0.05) is 93.9 Å². The molecule has 48 heavy (non-hydrogen) atoms. The maximum absolute atomic E-state index is 6.05. The number of methoxy groups -OCH3 is 1. The minimum Gasteiger partial charge on any atom is -0.490 e. The first-order valence-corrected chi connectivity index (χ1v) is 16.4. The van der Waals surface area contributed by atoms with Gasteiger partial charge in [0.25, 0.3) is 0 Å². The van der Waals surface area contributed by atoms with Gasteiger partial charge in [-0.3, -0.25) is 0 Å². The van der Waals surface area contributed by atoms with E-state index in [2.05, 4.69) is 105 Å². The molecule has 0 bridgehead atoms. The number of rotatable bonds is 11. The Morgan fingerprint density at radius 3 is 1.35 bits per heavy atom. The molecule has 0 amide bonds. The van der Waals surface area contributed by atoms with Crippen molar-refractivity contribution < 1.29 is 28.4 Å². The van der Waals surface area contributed by atoms with Crippen molar-refractivity contribution in [3.05, 3.63) is 125 Å². The van der Waals surface area contributed by atoms with Crippen LogP contribution in [0, 0.1) is 6.92 Å². The number of hydrogen-bond acceptors (Lipinski definition) is 8. The molecule has 2 unspecified atom stereocenters. The number of hydrogen-bond donors (Lipinski definition) is 0. The molecule has 2 aliphatic heterocycles. The van der Waals surface area contributed by atoms with Crippen molar-refractivity contribution in [1.29, 1.82) is 0 Å². The van der Waals surface area contributed by atoms with Crippen molar-refractivity contribution in [1.82, 2.24) is 0 Å². The van der Waals surface area contributed by atoms with Crippen LogP contribution in [-0.4, -0.2) is 57.8 Å². The fourth-order valence-electron chi connectivity index (χ4n) is 5.80.